The summed E-state index contributed by atoms with van der Waals surface area (Å²) < 4.78 is 0. The Morgan fingerprint density at radius 2 is 1.16 bits per heavy atom. The molecule has 124 valence electrons. The predicted octanol–water partition coefficient (Wildman–Crippen LogP) is 5.16. The summed E-state index contributed by atoms with van der Waals surface area (Å²) in [4.78, 5) is 12.2. The van der Waals surface area contributed by atoms with Crippen LogP contribution in [0, 0.1) is 0 Å². The quantitative estimate of drug-likeness (QED) is 0.657. The standard InChI is InChI=1S/C23H20O2/c1-23(19-13-7-3-8-14-19,20-15-9-4-10-16-20)21(22(24)25)17-18-11-5-2-6-12-18/h2-17H,1H3,(H,24,25). The van der Waals surface area contributed by atoms with Crippen molar-refractivity contribution in [1.29, 1.82) is 0 Å². The molecule has 0 heterocycles. The summed E-state index contributed by atoms with van der Waals surface area (Å²) in [5.41, 5.74) is 2.36. The first kappa shape index (κ1) is 16.7. The average Bonchev–Trinajstić information content (AvgIpc) is 2.67. The number of carboxylic acids is 1. The fraction of sp³-hybridized carbons (Fsp3) is 0.0870. The molecule has 3 aromatic rings. The molecule has 0 aliphatic heterocycles. The van der Waals surface area contributed by atoms with E-state index in [9.17, 15) is 9.90 Å². The molecule has 25 heavy (non-hydrogen) atoms. The van der Waals surface area contributed by atoms with Gasteiger partial charge in [-0.2, -0.15) is 0 Å². The molecule has 0 bridgehead atoms. The Balaban J connectivity index is 2.26. The van der Waals surface area contributed by atoms with Crippen molar-refractivity contribution in [3.05, 3.63) is 113 Å². The summed E-state index contributed by atoms with van der Waals surface area (Å²) in [5.74, 6) is -0.918. The maximum absolute atomic E-state index is 12.2. The van der Waals surface area contributed by atoms with E-state index in [0.717, 1.165) is 16.7 Å². The molecule has 0 aliphatic rings. The molecule has 0 unspecified atom stereocenters. The molecule has 0 fully saturated rings. The van der Waals surface area contributed by atoms with E-state index in [0.29, 0.717) is 5.57 Å². The minimum Gasteiger partial charge on any atom is -0.478 e. The van der Waals surface area contributed by atoms with Gasteiger partial charge >= 0.3 is 5.97 Å². The molecular formula is C23H20O2. The number of benzene rings is 3. The number of hydrogen-bond acceptors (Lipinski definition) is 1. The maximum Gasteiger partial charge on any atom is 0.332 e. The Labute approximate surface area is 148 Å². The molecule has 2 heteroatoms. The SMILES string of the molecule is CC(C(=Cc1ccccc1)C(=O)O)(c1ccccc1)c1ccccc1. The smallest absolute Gasteiger partial charge is 0.332 e. The third kappa shape index (κ3) is 3.38. The minimum atomic E-state index is -0.918. The van der Waals surface area contributed by atoms with Crippen LogP contribution in [0.5, 0.6) is 0 Å². The van der Waals surface area contributed by atoms with Crippen LogP contribution in [-0.2, 0) is 10.2 Å². The predicted molar refractivity (Wildman–Crippen MR) is 101 cm³/mol. The Morgan fingerprint density at radius 3 is 1.56 bits per heavy atom. The van der Waals surface area contributed by atoms with Gasteiger partial charge in [0.15, 0.2) is 0 Å². The zero-order valence-electron chi connectivity index (χ0n) is 14.1. The highest BCUT2D eigenvalue weighted by Gasteiger charge is 2.36. The highest BCUT2D eigenvalue weighted by molar-refractivity contribution is 5.96. The van der Waals surface area contributed by atoms with E-state index in [4.69, 9.17) is 0 Å². The molecule has 3 aromatic carbocycles. The minimum absolute atomic E-state index is 0.344. The number of rotatable bonds is 5. The number of aliphatic carboxylic acids is 1. The van der Waals surface area contributed by atoms with Gasteiger partial charge in [0, 0.05) is 5.41 Å². The lowest BCUT2D eigenvalue weighted by molar-refractivity contribution is -0.133. The molecule has 0 aromatic heterocycles. The highest BCUT2D eigenvalue weighted by Crippen LogP contribution is 2.39. The molecule has 0 spiro atoms. The van der Waals surface area contributed by atoms with Crippen molar-refractivity contribution >= 4 is 12.0 Å². The van der Waals surface area contributed by atoms with Gasteiger partial charge in [-0.3, -0.25) is 0 Å². The summed E-state index contributed by atoms with van der Waals surface area (Å²) in [6, 6.07) is 29.2. The van der Waals surface area contributed by atoms with Crippen molar-refractivity contribution in [2.24, 2.45) is 0 Å². The molecule has 1 N–H and O–H groups in total. The van der Waals surface area contributed by atoms with Crippen molar-refractivity contribution in [2.45, 2.75) is 12.3 Å². The van der Waals surface area contributed by atoms with Crippen molar-refractivity contribution < 1.29 is 9.90 Å². The molecule has 0 aliphatic carbocycles. The Bertz CT molecular complexity index is 826. The second-order valence-electron chi connectivity index (χ2n) is 6.13. The van der Waals surface area contributed by atoms with Gasteiger partial charge in [0.2, 0.25) is 0 Å². The highest BCUT2D eigenvalue weighted by atomic mass is 16.4. The van der Waals surface area contributed by atoms with E-state index in [2.05, 4.69) is 0 Å². The molecule has 0 amide bonds. The van der Waals surface area contributed by atoms with Gasteiger partial charge in [0.25, 0.3) is 0 Å². The van der Waals surface area contributed by atoms with Crippen LogP contribution < -0.4 is 0 Å². The van der Waals surface area contributed by atoms with Gasteiger partial charge in [0.1, 0.15) is 0 Å². The second-order valence-corrected chi connectivity index (χ2v) is 6.13. The third-order valence-corrected chi connectivity index (χ3v) is 4.58. The normalized spacial score (nSPS) is 12.0. The Kier molecular flexibility index (Phi) is 4.80. The maximum atomic E-state index is 12.2. The molecule has 0 atom stereocenters. The first-order chi connectivity index (χ1) is 12.1. The number of hydrogen-bond donors (Lipinski definition) is 1. The Morgan fingerprint density at radius 1 is 0.760 bits per heavy atom. The van der Waals surface area contributed by atoms with Crippen LogP contribution in [-0.4, -0.2) is 11.1 Å². The summed E-state index contributed by atoms with van der Waals surface area (Å²) >= 11 is 0. The summed E-state index contributed by atoms with van der Waals surface area (Å²) in [7, 11) is 0. The van der Waals surface area contributed by atoms with E-state index in [1.165, 1.54) is 0 Å². The van der Waals surface area contributed by atoms with Crippen molar-refractivity contribution in [1.82, 2.24) is 0 Å². The molecular weight excluding hydrogens is 308 g/mol. The van der Waals surface area contributed by atoms with Gasteiger partial charge < -0.3 is 5.11 Å². The van der Waals surface area contributed by atoms with Gasteiger partial charge in [-0.1, -0.05) is 91.0 Å². The van der Waals surface area contributed by atoms with Crippen LogP contribution in [0.15, 0.2) is 96.6 Å². The number of carbonyl (C=O) groups is 1. The van der Waals surface area contributed by atoms with E-state index in [-0.39, 0.29) is 0 Å². The lowest BCUT2D eigenvalue weighted by Gasteiger charge is -2.32. The zero-order chi connectivity index (χ0) is 17.7. The largest absolute Gasteiger partial charge is 0.478 e. The van der Waals surface area contributed by atoms with Gasteiger partial charge in [-0.25, -0.2) is 4.79 Å². The first-order valence-corrected chi connectivity index (χ1v) is 8.24. The molecule has 0 saturated carbocycles. The topological polar surface area (TPSA) is 37.3 Å². The van der Waals surface area contributed by atoms with Gasteiger partial charge in [-0.05, 0) is 29.7 Å². The molecule has 2 nitrogen and oxygen atoms in total. The lowest BCUT2D eigenvalue weighted by atomic mass is 9.70. The van der Waals surface area contributed by atoms with Crippen LogP contribution >= 0.6 is 0 Å². The molecule has 0 saturated heterocycles. The van der Waals surface area contributed by atoms with Crippen molar-refractivity contribution in [3.8, 4) is 0 Å². The lowest BCUT2D eigenvalue weighted by Crippen LogP contribution is -2.30. The van der Waals surface area contributed by atoms with Crippen LogP contribution in [0.2, 0.25) is 0 Å². The third-order valence-electron chi connectivity index (χ3n) is 4.58. The zero-order valence-corrected chi connectivity index (χ0v) is 14.1. The summed E-state index contributed by atoms with van der Waals surface area (Å²) in [6.07, 6.45) is 1.77. The van der Waals surface area contributed by atoms with Crippen molar-refractivity contribution in [3.63, 3.8) is 0 Å². The van der Waals surface area contributed by atoms with Crippen LogP contribution in [0.3, 0.4) is 0 Å². The van der Waals surface area contributed by atoms with E-state index < -0.39 is 11.4 Å². The second kappa shape index (κ2) is 7.18. The molecule has 3 rings (SSSR count). The Hall–Kier alpha value is -3.13. The van der Waals surface area contributed by atoms with Crippen molar-refractivity contribution in [2.75, 3.05) is 0 Å². The van der Waals surface area contributed by atoms with E-state index in [1.54, 1.807) is 6.08 Å². The fourth-order valence-corrected chi connectivity index (χ4v) is 3.16. The van der Waals surface area contributed by atoms with Crippen LogP contribution in [0.1, 0.15) is 23.6 Å². The average molecular weight is 328 g/mol. The monoisotopic (exact) mass is 328 g/mol. The first-order valence-electron chi connectivity index (χ1n) is 8.24. The fourth-order valence-electron chi connectivity index (χ4n) is 3.16. The van der Waals surface area contributed by atoms with Crippen LogP contribution in [0.25, 0.3) is 6.08 Å². The number of carboxylic acid groups (broad SMARTS) is 1. The van der Waals surface area contributed by atoms with E-state index >= 15 is 0 Å². The van der Waals surface area contributed by atoms with Gasteiger partial charge in [-0.15, -0.1) is 0 Å². The van der Waals surface area contributed by atoms with Crippen LogP contribution in [0.4, 0.5) is 0 Å². The van der Waals surface area contributed by atoms with Gasteiger partial charge in [0.05, 0.1) is 5.57 Å². The van der Waals surface area contributed by atoms with E-state index in [1.807, 2.05) is 97.9 Å². The summed E-state index contributed by atoms with van der Waals surface area (Å²) in [5, 5.41) is 10.0. The molecule has 0 radical (unpaired) electrons. The summed E-state index contributed by atoms with van der Waals surface area (Å²) in [6.45, 7) is 1.97.